The molecular weight excluding hydrogens is 472 g/mol. The van der Waals surface area contributed by atoms with Crippen LogP contribution < -0.4 is 5.32 Å². The molecule has 0 spiro atoms. The molecule has 3 aromatic carbocycles. The lowest BCUT2D eigenvalue weighted by atomic mass is 9.93. The van der Waals surface area contributed by atoms with Crippen molar-refractivity contribution < 1.29 is 24.5 Å². The fourth-order valence-electron chi connectivity index (χ4n) is 4.68. The fraction of sp³-hybridized carbons (Fsp3) is 0.214. The van der Waals surface area contributed by atoms with Crippen LogP contribution in [0.2, 0.25) is 0 Å². The summed E-state index contributed by atoms with van der Waals surface area (Å²) in [6.07, 6.45) is 0.619. The lowest BCUT2D eigenvalue weighted by Crippen LogP contribution is -2.44. The van der Waals surface area contributed by atoms with Gasteiger partial charge in [0.2, 0.25) is 0 Å². The Labute approximate surface area is 213 Å². The molecule has 3 N–H and O–H groups in total. The molecule has 1 aliphatic carbocycles. The Morgan fingerprint density at radius 1 is 1.00 bits per heavy atom. The third-order valence-electron chi connectivity index (χ3n) is 6.68. The summed E-state index contributed by atoms with van der Waals surface area (Å²) >= 11 is 0. The van der Waals surface area contributed by atoms with Crippen molar-refractivity contribution in [1.29, 1.82) is 0 Å². The number of hydrogen-bond donors (Lipinski definition) is 3. The monoisotopic (exact) mass is 498 g/mol. The van der Waals surface area contributed by atoms with Gasteiger partial charge in [-0.15, -0.1) is 5.10 Å². The minimum absolute atomic E-state index is 0.0691. The number of aromatic nitrogens is 3. The van der Waals surface area contributed by atoms with Gasteiger partial charge in [0.05, 0.1) is 12.7 Å². The van der Waals surface area contributed by atoms with Crippen LogP contribution in [0.5, 0.6) is 0 Å². The Kier molecular flexibility index (Phi) is 6.45. The van der Waals surface area contributed by atoms with Crippen molar-refractivity contribution in [2.24, 2.45) is 0 Å². The van der Waals surface area contributed by atoms with E-state index in [4.69, 9.17) is 4.74 Å². The van der Waals surface area contributed by atoms with Gasteiger partial charge in [-0.1, -0.05) is 84.1 Å². The number of hydrogen-bond acceptors (Lipinski definition) is 6. The molecule has 0 saturated heterocycles. The summed E-state index contributed by atoms with van der Waals surface area (Å²) in [5, 5.41) is 31.0. The minimum Gasteiger partial charge on any atom is -0.480 e. The first-order valence-electron chi connectivity index (χ1n) is 11.9. The number of benzene rings is 3. The Balaban J connectivity index is 1.24. The molecule has 0 fully saturated rings. The summed E-state index contributed by atoms with van der Waals surface area (Å²) in [4.78, 5) is 24.5. The number of fused-ring (bicyclic) bond motifs is 3. The second kappa shape index (κ2) is 9.87. The first kappa shape index (κ1) is 24.2. The van der Waals surface area contributed by atoms with Crippen molar-refractivity contribution in [1.82, 2.24) is 20.3 Å². The van der Waals surface area contributed by atoms with Crippen molar-refractivity contribution >= 4 is 12.1 Å². The third-order valence-corrected chi connectivity index (χ3v) is 6.68. The average molecular weight is 499 g/mol. The smallest absolute Gasteiger partial charge is 0.407 e. The second-order valence-corrected chi connectivity index (χ2v) is 9.12. The first-order chi connectivity index (χ1) is 17.8. The molecule has 9 heteroatoms. The molecule has 2 atom stereocenters. The maximum Gasteiger partial charge on any atom is 0.407 e. The molecule has 0 bridgehead atoms. The molecule has 1 heterocycles. The van der Waals surface area contributed by atoms with Crippen molar-refractivity contribution in [3.05, 3.63) is 107 Å². The predicted octanol–water partition coefficient (Wildman–Crippen LogP) is 3.53. The highest BCUT2D eigenvalue weighted by Crippen LogP contribution is 2.44. The van der Waals surface area contributed by atoms with Crippen LogP contribution in [0.4, 0.5) is 4.79 Å². The summed E-state index contributed by atoms with van der Waals surface area (Å²) < 4.78 is 6.75. The number of nitrogens with one attached hydrogen (secondary N) is 1. The third kappa shape index (κ3) is 4.81. The summed E-state index contributed by atoms with van der Waals surface area (Å²) in [5.74, 6) is -1.39. The number of aliphatic hydroxyl groups is 1. The van der Waals surface area contributed by atoms with Gasteiger partial charge in [-0.2, -0.15) is 0 Å². The van der Waals surface area contributed by atoms with E-state index >= 15 is 0 Å². The van der Waals surface area contributed by atoms with Crippen molar-refractivity contribution in [2.75, 3.05) is 6.61 Å². The number of ether oxygens (including phenoxy) is 1. The zero-order valence-corrected chi connectivity index (χ0v) is 20.1. The van der Waals surface area contributed by atoms with Crippen LogP contribution in [0.25, 0.3) is 11.1 Å². The maximum atomic E-state index is 12.6. The zero-order valence-electron chi connectivity index (χ0n) is 20.1. The molecule has 1 aromatic heterocycles. The van der Waals surface area contributed by atoms with Gasteiger partial charge in [0, 0.05) is 5.92 Å². The van der Waals surface area contributed by atoms with Gasteiger partial charge in [-0.05, 0) is 34.7 Å². The number of aliphatic carboxylic acids is 1. The van der Waals surface area contributed by atoms with E-state index in [9.17, 15) is 19.8 Å². The number of alkyl carbamates (subject to hydrolysis) is 1. The van der Waals surface area contributed by atoms with Gasteiger partial charge in [0.25, 0.3) is 0 Å². The molecule has 9 nitrogen and oxygen atoms in total. The molecule has 0 aliphatic heterocycles. The van der Waals surface area contributed by atoms with Crippen LogP contribution in [0.1, 0.15) is 35.2 Å². The molecular formula is C28H26N4O5. The van der Waals surface area contributed by atoms with E-state index in [1.165, 1.54) is 10.9 Å². The molecule has 37 heavy (non-hydrogen) atoms. The summed E-state index contributed by atoms with van der Waals surface area (Å²) in [6, 6.07) is 23.6. The normalized spacial score (nSPS) is 14.8. The maximum absolute atomic E-state index is 12.6. The van der Waals surface area contributed by atoms with E-state index in [0.717, 1.165) is 22.3 Å². The zero-order chi connectivity index (χ0) is 26.0. The van der Waals surface area contributed by atoms with Crippen LogP contribution in [0.15, 0.2) is 85.1 Å². The SMILES string of the molecule is C[C@](O)(c1ccccc1)c1cn(C[C@H](NC(=O)OCC2c3ccccc3-c3ccccc32)C(=O)O)nn1. The lowest BCUT2D eigenvalue weighted by molar-refractivity contribution is -0.139. The van der Waals surface area contributed by atoms with Gasteiger partial charge in [-0.3, -0.25) is 0 Å². The highest BCUT2D eigenvalue weighted by Gasteiger charge is 2.31. The molecule has 1 amide bonds. The molecule has 1 aliphatic rings. The van der Waals surface area contributed by atoms with Gasteiger partial charge in [0.15, 0.2) is 0 Å². The lowest BCUT2D eigenvalue weighted by Gasteiger charge is -2.20. The number of carboxylic acids is 1. The van der Waals surface area contributed by atoms with E-state index in [1.807, 2.05) is 54.6 Å². The fourth-order valence-corrected chi connectivity index (χ4v) is 4.68. The van der Waals surface area contributed by atoms with E-state index in [1.54, 1.807) is 31.2 Å². The highest BCUT2D eigenvalue weighted by atomic mass is 16.5. The number of amides is 1. The highest BCUT2D eigenvalue weighted by molar-refractivity contribution is 5.81. The van der Waals surface area contributed by atoms with Gasteiger partial charge >= 0.3 is 12.1 Å². The van der Waals surface area contributed by atoms with E-state index in [-0.39, 0.29) is 24.8 Å². The van der Waals surface area contributed by atoms with Crippen molar-refractivity contribution in [3.63, 3.8) is 0 Å². The van der Waals surface area contributed by atoms with Crippen LogP contribution in [-0.2, 0) is 21.7 Å². The number of carbonyl (C=O) groups is 2. The molecule has 5 rings (SSSR count). The Bertz CT molecular complexity index is 1390. The summed E-state index contributed by atoms with van der Waals surface area (Å²) in [6.45, 7) is 1.46. The van der Waals surface area contributed by atoms with Crippen LogP contribution in [0, 0.1) is 0 Å². The molecule has 0 saturated carbocycles. The number of rotatable bonds is 8. The van der Waals surface area contributed by atoms with E-state index < -0.39 is 23.7 Å². The second-order valence-electron chi connectivity index (χ2n) is 9.12. The topological polar surface area (TPSA) is 127 Å². The first-order valence-corrected chi connectivity index (χ1v) is 11.9. The van der Waals surface area contributed by atoms with Crippen molar-refractivity contribution in [2.45, 2.75) is 31.0 Å². The quantitative estimate of drug-likeness (QED) is 0.339. The molecule has 188 valence electrons. The Morgan fingerprint density at radius 3 is 2.22 bits per heavy atom. The van der Waals surface area contributed by atoms with Crippen LogP contribution in [-0.4, -0.2) is 49.9 Å². The Hall–Kier alpha value is -4.50. The van der Waals surface area contributed by atoms with Gasteiger partial charge < -0.3 is 20.3 Å². The van der Waals surface area contributed by atoms with E-state index in [2.05, 4.69) is 15.6 Å². The van der Waals surface area contributed by atoms with E-state index in [0.29, 0.717) is 5.56 Å². The molecule has 0 radical (unpaired) electrons. The predicted molar refractivity (Wildman–Crippen MR) is 135 cm³/mol. The number of carboxylic acid groups (broad SMARTS) is 1. The van der Waals surface area contributed by atoms with Gasteiger partial charge in [0.1, 0.15) is 23.9 Å². The molecule has 0 unspecified atom stereocenters. The molecule has 4 aromatic rings. The van der Waals surface area contributed by atoms with Crippen LogP contribution in [0.3, 0.4) is 0 Å². The standard InChI is InChI=1S/C28H26N4O5/c1-28(36,18-9-3-2-4-10-18)25-16-32(31-30-25)15-24(26(33)34)29-27(35)37-17-23-21-13-7-5-11-19(21)20-12-6-8-14-22(20)23/h2-14,16,23-24,36H,15,17H2,1H3,(H,29,35)(H,33,34)/t24-,28-/m0/s1. The average Bonchev–Trinajstić information content (AvgIpc) is 3.51. The summed E-state index contributed by atoms with van der Waals surface area (Å²) in [7, 11) is 0. The number of carbonyl (C=O) groups excluding carboxylic acids is 1. The summed E-state index contributed by atoms with van der Waals surface area (Å²) in [5.41, 5.74) is 3.78. The van der Waals surface area contributed by atoms with Crippen molar-refractivity contribution in [3.8, 4) is 11.1 Å². The van der Waals surface area contributed by atoms with Crippen LogP contribution >= 0.6 is 0 Å². The largest absolute Gasteiger partial charge is 0.480 e. The number of nitrogens with zero attached hydrogens (tertiary/aromatic N) is 3. The van der Waals surface area contributed by atoms with Gasteiger partial charge in [-0.25, -0.2) is 14.3 Å². The minimum atomic E-state index is -1.42. The Morgan fingerprint density at radius 2 is 1.59 bits per heavy atom.